The van der Waals surface area contributed by atoms with E-state index in [9.17, 15) is 0 Å². The quantitative estimate of drug-likeness (QED) is 0.169. The van der Waals surface area contributed by atoms with E-state index in [1.165, 1.54) is 0 Å². The van der Waals surface area contributed by atoms with E-state index < -0.39 is 0 Å². The zero-order valence-electron chi connectivity index (χ0n) is 27.0. The molecule has 0 aliphatic rings. The lowest BCUT2D eigenvalue weighted by Gasteiger charge is -2.10. The molecule has 0 radical (unpaired) electrons. The molecule has 9 aromatic rings. The molecule has 0 atom stereocenters. The zero-order chi connectivity index (χ0) is 33.3. The highest BCUT2D eigenvalue weighted by Crippen LogP contribution is 2.31. The second kappa shape index (κ2) is 12.6. The molecular weight excluding hydrogens is 611 g/mol. The smallest absolute Gasteiger partial charge is 0.164 e. The third-order valence-electron chi connectivity index (χ3n) is 8.95. The van der Waals surface area contributed by atoms with E-state index in [1.807, 2.05) is 78.9 Å². The Balaban J connectivity index is 1.02. The van der Waals surface area contributed by atoms with E-state index in [4.69, 9.17) is 24.9 Å². The standard InChI is InChI=1S/C45H29N5/c1-4-10-32(11-5-1)39-28-26-34-22-23-35-27-29-40(47-42(35)41(34)46-39)33-20-16-30(17-21-33)31-18-24-38(25-19-31)45-49-43(36-12-6-2-7-13-36)48-44(50-45)37-14-8-3-9-15-37/h1-29H. The van der Waals surface area contributed by atoms with Crippen molar-refractivity contribution in [3.05, 3.63) is 176 Å². The molecule has 0 amide bonds. The number of aromatic nitrogens is 5. The Morgan fingerprint density at radius 3 is 0.940 bits per heavy atom. The number of rotatable bonds is 6. The van der Waals surface area contributed by atoms with Gasteiger partial charge in [0.1, 0.15) is 0 Å². The minimum Gasteiger partial charge on any atom is -0.245 e. The second-order valence-corrected chi connectivity index (χ2v) is 12.2. The summed E-state index contributed by atoms with van der Waals surface area (Å²) in [7, 11) is 0. The van der Waals surface area contributed by atoms with Crippen molar-refractivity contribution in [2.24, 2.45) is 0 Å². The minimum atomic E-state index is 0.639. The highest BCUT2D eigenvalue weighted by atomic mass is 15.0. The summed E-state index contributed by atoms with van der Waals surface area (Å²) in [5.41, 5.74) is 10.9. The van der Waals surface area contributed by atoms with Crippen molar-refractivity contribution in [1.82, 2.24) is 24.9 Å². The first-order chi connectivity index (χ1) is 24.7. The van der Waals surface area contributed by atoms with E-state index in [-0.39, 0.29) is 0 Å². The van der Waals surface area contributed by atoms with Gasteiger partial charge in [-0.3, -0.25) is 0 Å². The lowest BCUT2D eigenvalue weighted by atomic mass is 10.0. The molecule has 6 aromatic carbocycles. The highest BCUT2D eigenvalue weighted by molar-refractivity contribution is 6.04. The van der Waals surface area contributed by atoms with Gasteiger partial charge >= 0.3 is 0 Å². The van der Waals surface area contributed by atoms with Gasteiger partial charge in [0.15, 0.2) is 17.5 Å². The van der Waals surface area contributed by atoms with Crippen LogP contribution in [-0.4, -0.2) is 24.9 Å². The topological polar surface area (TPSA) is 64.5 Å². The normalized spacial score (nSPS) is 11.2. The maximum atomic E-state index is 5.13. The number of hydrogen-bond acceptors (Lipinski definition) is 5. The van der Waals surface area contributed by atoms with Crippen molar-refractivity contribution in [2.75, 3.05) is 0 Å². The van der Waals surface area contributed by atoms with Gasteiger partial charge in [0, 0.05) is 38.6 Å². The average molecular weight is 640 g/mol. The first-order valence-corrected chi connectivity index (χ1v) is 16.6. The number of benzene rings is 6. The molecule has 3 aromatic heterocycles. The van der Waals surface area contributed by atoms with Gasteiger partial charge in [0.25, 0.3) is 0 Å². The third-order valence-corrected chi connectivity index (χ3v) is 8.95. The van der Waals surface area contributed by atoms with E-state index >= 15 is 0 Å². The van der Waals surface area contributed by atoms with Crippen molar-refractivity contribution < 1.29 is 0 Å². The van der Waals surface area contributed by atoms with Crippen molar-refractivity contribution in [2.45, 2.75) is 0 Å². The fourth-order valence-corrected chi connectivity index (χ4v) is 6.28. The van der Waals surface area contributed by atoms with E-state index in [1.54, 1.807) is 0 Å². The van der Waals surface area contributed by atoms with Crippen LogP contribution in [0.1, 0.15) is 0 Å². The molecule has 5 heteroatoms. The Morgan fingerprint density at radius 1 is 0.220 bits per heavy atom. The lowest BCUT2D eigenvalue weighted by Crippen LogP contribution is -2.00. The molecule has 0 N–H and O–H groups in total. The monoisotopic (exact) mass is 639 g/mol. The van der Waals surface area contributed by atoms with E-state index in [0.29, 0.717) is 17.5 Å². The van der Waals surface area contributed by atoms with Gasteiger partial charge < -0.3 is 0 Å². The first kappa shape index (κ1) is 29.3. The summed E-state index contributed by atoms with van der Waals surface area (Å²) in [6.45, 7) is 0. The molecule has 0 spiro atoms. The van der Waals surface area contributed by atoms with Gasteiger partial charge in [-0.2, -0.15) is 0 Å². The fourth-order valence-electron chi connectivity index (χ4n) is 6.28. The molecule has 5 nitrogen and oxygen atoms in total. The SMILES string of the molecule is c1ccc(-c2ccc3ccc4ccc(-c5ccc(-c6ccc(-c7nc(-c8ccccc8)nc(-c8ccccc8)n7)cc6)cc5)nc4c3n2)cc1. The molecule has 0 saturated carbocycles. The Labute approximate surface area is 289 Å². The maximum Gasteiger partial charge on any atom is 0.164 e. The molecule has 3 heterocycles. The minimum absolute atomic E-state index is 0.639. The van der Waals surface area contributed by atoms with Crippen molar-refractivity contribution in [3.63, 3.8) is 0 Å². The van der Waals surface area contributed by atoms with Gasteiger partial charge in [-0.25, -0.2) is 24.9 Å². The number of hydrogen-bond donors (Lipinski definition) is 0. The maximum absolute atomic E-state index is 5.13. The van der Waals surface area contributed by atoms with Crippen LogP contribution < -0.4 is 0 Å². The van der Waals surface area contributed by atoms with Crippen LogP contribution in [0.15, 0.2) is 176 Å². The second-order valence-electron chi connectivity index (χ2n) is 12.2. The predicted octanol–water partition coefficient (Wildman–Crippen LogP) is 11.0. The van der Waals surface area contributed by atoms with Gasteiger partial charge in [0.05, 0.1) is 22.4 Å². The molecule has 50 heavy (non-hydrogen) atoms. The van der Waals surface area contributed by atoms with Crippen molar-refractivity contribution >= 4 is 21.8 Å². The molecular formula is C45H29N5. The van der Waals surface area contributed by atoms with Crippen LogP contribution in [0.5, 0.6) is 0 Å². The number of fused-ring (bicyclic) bond motifs is 3. The molecule has 9 rings (SSSR count). The van der Waals surface area contributed by atoms with Crippen LogP contribution in [-0.2, 0) is 0 Å². The zero-order valence-corrected chi connectivity index (χ0v) is 27.0. The third kappa shape index (κ3) is 5.67. The summed E-state index contributed by atoms with van der Waals surface area (Å²) in [5.74, 6) is 1.94. The lowest BCUT2D eigenvalue weighted by molar-refractivity contribution is 1.07. The molecule has 0 aliphatic heterocycles. The number of nitrogens with zero attached hydrogens (tertiary/aromatic N) is 5. The van der Waals surface area contributed by atoms with Crippen LogP contribution in [0.4, 0.5) is 0 Å². The Bertz CT molecular complexity index is 2550. The summed E-state index contributed by atoms with van der Waals surface area (Å²) in [5, 5.41) is 2.14. The molecule has 0 fully saturated rings. The van der Waals surface area contributed by atoms with Crippen LogP contribution in [0.25, 0.3) is 89.6 Å². The van der Waals surface area contributed by atoms with Gasteiger partial charge in [-0.05, 0) is 23.3 Å². The molecule has 0 unspecified atom stereocenters. The fraction of sp³-hybridized carbons (Fsp3) is 0. The highest BCUT2D eigenvalue weighted by Gasteiger charge is 2.13. The molecule has 0 saturated heterocycles. The predicted molar refractivity (Wildman–Crippen MR) is 203 cm³/mol. The summed E-state index contributed by atoms with van der Waals surface area (Å²) in [6.07, 6.45) is 0. The van der Waals surface area contributed by atoms with E-state index in [0.717, 1.165) is 72.1 Å². The molecule has 0 bridgehead atoms. The van der Waals surface area contributed by atoms with Crippen molar-refractivity contribution in [1.29, 1.82) is 0 Å². The summed E-state index contributed by atoms with van der Waals surface area (Å²) in [4.78, 5) is 24.8. The van der Waals surface area contributed by atoms with Crippen molar-refractivity contribution in [3.8, 4) is 67.8 Å². The van der Waals surface area contributed by atoms with Gasteiger partial charge in [-0.15, -0.1) is 0 Å². The summed E-state index contributed by atoms with van der Waals surface area (Å²) >= 11 is 0. The van der Waals surface area contributed by atoms with Gasteiger partial charge in [0.2, 0.25) is 0 Å². The summed E-state index contributed by atoms with van der Waals surface area (Å²) < 4.78 is 0. The van der Waals surface area contributed by atoms with Gasteiger partial charge in [-0.1, -0.05) is 164 Å². The largest absolute Gasteiger partial charge is 0.245 e. The van der Waals surface area contributed by atoms with Crippen LogP contribution in [0.2, 0.25) is 0 Å². The first-order valence-electron chi connectivity index (χ1n) is 16.6. The van der Waals surface area contributed by atoms with Crippen LogP contribution in [0.3, 0.4) is 0 Å². The van der Waals surface area contributed by atoms with E-state index in [2.05, 4.69) is 97.1 Å². The Kier molecular flexibility index (Phi) is 7.41. The molecule has 0 aliphatic carbocycles. The number of pyridine rings is 2. The van der Waals surface area contributed by atoms with Crippen LogP contribution >= 0.6 is 0 Å². The average Bonchev–Trinajstić information content (AvgIpc) is 3.21. The van der Waals surface area contributed by atoms with Crippen LogP contribution in [0, 0.1) is 0 Å². The molecule has 234 valence electrons. The Hall–Kier alpha value is -6.85. The summed E-state index contributed by atoms with van der Waals surface area (Å²) in [6, 6.07) is 60.0. The Morgan fingerprint density at radius 2 is 0.520 bits per heavy atom.